The lowest BCUT2D eigenvalue weighted by molar-refractivity contribution is 1.07. The van der Waals surface area contributed by atoms with Crippen LogP contribution in [0.15, 0.2) is 72.8 Å². The molecule has 4 aromatic rings. The van der Waals surface area contributed by atoms with Crippen molar-refractivity contribution in [2.24, 2.45) is 0 Å². The number of nitrogens with zero attached hydrogens (tertiary/aromatic N) is 3. The summed E-state index contributed by atoms with van der Waals surface area (Å²) in [5.41, 5.74) is 6.84. The number of hydrogen-bond acceptors (Lipinski definition) is 2. The zero-order valence-corrected chi connectivity index (χ0v) is 15.3. The van der Waals surface area contributed by atoms with E-state index in [1.165, 1.54) is 16.7 Å². The average Bonchev–Trinajstić information content (AvgIpc) is 3.07. The summed E-state index contributed by atoms with van der Waals surface area (Å²) in [6.45, 7) is 6.29. The molecule has 0 aliphatic heterocycles. The highest BCUT2D eigenvalue weighted by Gasteiger charge is 2.17. The summed E-state index contributed by atoms with van der Waals surface area (Å²) in [7, 11) is 0. The monoisotopic (exact) mass is 339 g/mol. The van der Waals surface area contributed by atoms with Crippen LogP contribution in [0.25, 0.3) is 28.5 Å². The summed E-state index contributed by atoms with van der Waals surface area (Å²) in [6.07, 6.45) is 0. The molecule has 128 valence electrons. The number of benzene rings is 3. The Balaban J connectivity index is 1.97. The van der Waals surface area contributed by atoms with E-state index in [-0.39, 0.29) is 0 Å². The van der Waals surface area contributed by atoms with E-state index in [0.29, 0.717) is 0 Å². The molecule has 3 aromatic carbocycles. The summed E-state index contributed by atoms with van der Waals surface area (Å²) in [5.74, 6) is 1.71. The molecule has 1 heterocycles. The Hall–Kier alpha value is -3.20. The third-order valence-corrected chi connectivity index (χ3v) is 4.51. The van der Waals surface area contributed by atoms with Crippen LogP contribution in [0.3, 0.4) is 0 Å². The Labute approximate surface area is 154 Å². The minimum atomic E-state index is 0.856. The third kappa shape index (κ3) is 3.04. The van der Waals surface area contributed by atoms with Crippen molar-refractivity contribution in [1.82, 2.24) is 14.8 Å². The number of rotatable bonds is 3. The van der Waals surface area contributed by atoms with Crippen molar-refractivity contribution in [1.29, 1.82) is 0 Å². The van der Waals surface area contributed by atoms with Crippen molar-refractivity contribution in [2.75, 3.05) is 0 Å². The molecule has 0 unspecified atom stereocenters. The molecule has 0 N–H and O–H groups in total. The summed E-state index contributed by atoms with van der Waals surface area (Å²) in [4.78, 5) is 0. The second-order valence-electron chi connectivity index (χ2n) is 6.76. The fourth-order valence-electron chi connectivity index (χ4n) is 3.16. The van der Waals surface area contributed by atoms with Crippen molar-refractivity contribution >= 4 is 0 Å². The standard InChI is InChI=1S/C23H21N3/c1-16-10-12-21(13-11-16)26-22(19-8-4-6-17(2)14-19)24-25-23(26)20-9-5-7-18(3)15-20/h4-15H,1-3H3. The van der Waals surface area contributed by atoms with Gasteiger partial charge in [-0.15, -0.1) is 10.2 Å². The molecule has 0 radical (unpaired) electrons. The number of aromatic nitrogens is 3. The molecule has 0 saturated heterocycles. The quantitative estimate of drug-likeness (QED) is 0.491. The van der Waals surface area contributed by atoms with Crippen molar-refractivity contribution in [3.8, 4) is 28.5 Å². The first-order valence-corrected chi connectivity index (χ1v) is 8.78. The van der Waals surface area contributed by atoms with Crippen LogP contribution in [0.2, 0.25) is 0 Å². The average molecular weight is 339 g/mol. The lowest BCUT2D eigenvalue weighted by Crippen LogP contribution is -2.00. The van der Waals surface area contributed by atoms with Gasteiger partial charge in [-0.05, 0) is 45.0 Å². The molecule has 26 heavy (non-hydrogen) atoms. The smallest absolute Gasteiger partial charge is 0.168 e. The van der Waals surface area contributed by atoms with Gasteiger partial charge in [0.2, 0.25) is 0 Å². The molecule has 3 heteroatoms. The van der Waals surface area contributed by atoms with Gasteiger partial charge in [-0.1, -0.05) is 65.2 Å². The van der Waals surface area contributed by atoms with E-state index in [1.54, 1.807) is 0 Å². The fraction of sp³-hybridized carbons (Fsp3) is 0.130. The van der Waals surface area contributed by atoms with Gasteiger partial charge in [0.15, 0.2) is 11.6 Å². The fourth-order valence-corrected chi connectivity index (χ4v) is 3.16. The first-order chi connectivity index (χ1) is 12.6. The normalized spacial score (nSPS) is 10.9. The van der Waals surface area contributed by atoms with Crippen LogP contribution in [-0.4, -0.2) is 14.8 Å². The van der Waals surface area contributed by atoms with Gasteiger partial charge in [-0.25, -0.2) is 0 Å². The van der Waals surface area contributed by atoms with Gasteiger partial charge in [0.25, 0.3) is 0 Å². The zero-order valence-electron chi connectivity index (χ0n) is 15.3. The van der Waals surface area contributed by atoms with E-state index >= 15 is 0 Å². The first kappa shape index (κ1) is 16.3. The highest BCUT2D eigenvalue weighted by molar-refractivity contribution is 5.67. The maximum absolute atomic E-state index is 4.55. The Morgan fingerprint density at radius 1 is 0.577 bits per heavy atom. The highest BCUT2D eigenvalue weighted by atomic mass is 15.3. The number of aryl methyl sites for hydroxylation is 3. The van der Waals surface area contributed by atoms with Gasteiger partial charge < -0.3 is 0 Å². The molecule has 0 amide bonds. The largest absolute Gasteiger partial charge is 0.275 e. The Morgan fingerprint density at radius 2 is 1.08 bits per heavy atom. The molecule has 0 saturated carbocycles. The van der Waals surface area contributed by atoms with E-state index in [2.05, 4.69) is 108 Å². The maximum atomic E-state index is 4.55. The minimum absolute atomic E-state index is 0.856. The van der Waals surface area contributed by atoms with Crippen LogP contribution in [0.1, 0.15) is 16.7 Å². The Kier molecular flexibility index (Phi) is 4.13. The van der Waals surface area contributed by atoms with Gasteiger partial charge in [0.1, 0.15) is 0 Å². The number of hydrogen-bond donors (Lipinski definition) is 0. The third-order valence-electron chi connectivity index (χ3n) is 4.51. The first-order valence-electron chi connectivity index (χ1n) is 8.78. The van der Waals surface area contributed by atoms with Crippen LogP contribution in [0.4, 0.5) is 0 Å². The van der Waals surface area contributed by atoms with Gasteiger partial charge in [0, 0.05) is 16.8 Å². The van der Waals surface area contributed by atoms with E-state index in [0.717, 1.165) is 28.5 Å². The summed E-state index contributed by atoms with van der Waals surface area (Å²) < 4.78 is 2.14. The molecule has 1 aromatic heterocycles. The van der Waals surface area contributed by atoms with E-state index in [1.807, 2.05) is 0 Å². The predicted octanol–water partition coefficient (Wildman–Crippen LogP) is 5.53. The van der Waals surface area contributed by atoms with Gasteiger partial charge in [-0.3, -0.25) is 4.57 Å². The SMILES string of the molecule is Cc1ccc(-n2c(-c3cccc(C)c3)nnc2-c2cccc(C)c2)cc1. The molecule has 3 nitrogen and oxygen atoms in total. The lowest BCUT2D eigenvalue weighted by atomic mass is 10.1. The van der Waals surface area contributed by atoms with Gasteiger partial charge in [-0.2, -0.15) is 0 Å². The Morgan fingerprint density at radius 3 is 1.54 bits per heavy atom. The molecular weight excluding hydrogens is 318 g/mol. The summed E-state index contributed by atoms with van der Waals surface area (Å²) in [6, 6.07) is 25.3. The van der Waals surface area contributed by atoms with Gasteiger partial charge in [0.05, 0.1) is 0 Å². The van der Waals surface area contributed by atoms with Crippen LogP contribution in [-0.2, 0) is 0 Å². The minimum Gasteiger partial charge on any atom is -0.275 e. The van der Waals surface area contributed by atoms with Crippen LogP contribution in [0.5, 0.6) is 0 Å². The lowest BCUT2D eigenvalue weighted by Gasteiger charge is -2.12. The van der Waals surface area contributed by atoms with Crippen molar-refractivity contribution in [3.63, 3.8) is 0 Å². The van der Waals surface area contributed by atoms with Crippen molar-refractivity contribution in [3.05, 3.63) is 89.5 Å². The summed E-state index contributed by atoms with van der Waals surface area (Å²) >= 11 is 0. The molecule has 0 aliphatic rings. The molecule has 0 aliphatic carbocycles. The molecular formula is C23H21N3. The summed E-state index contributed by atoms with van der Waals surface area (Å²) in [5, 5.41) is 9.09. The molecule has 0 fully saturated rings. The molecule has 0 atom stereocenters. The molecule has 0 bridgehead atoms. The zero-order chi connectivity index (χ0) is 18.1. The Bertz CT molecular complexity index is 996. The molecule has 4 rings (SSSR count). The second kappa shape index (κ2) is 6.60. The van der Waals surface area contributed by atoms with Crippen molar-refractivity contribution < 1.29 is 0 Å². The topological polar surface area (TPSA) is 30.7 Å². The van der Waals surface area contributed by atoms with E-state index in [4.69, 9.17) is 0 Å². The van der Waals surface area contributed by atoms with E-state index in [9.17, 15) is 0 Å². The van der Waals surface area contributed by atoms with Crippen LogP contribution >= 0.6 is 0 Å². The van der Waals surface area contributed by atoms with Crippen molar-refractivity contribution in [2.45, 2.75) is 20.8 Å². The predicted molar refractivity (Wildman–Crippen MR) is 106 cm³/mol. The highest BCUT2D eigenvalue weighted by Crippen LogP contribution is 2.29. The van der Waals surface area contributed by atoms with E-state index < -0.39 is 0 Å². The second-order valence-corrected chi connectivity index (χ2v) is 6.76. The van der Waals surface area contributed by atoms with Gasteiger partial charge >= 0.3 is 0 Å². The van der Waals surface area contributed by atoms with Crippen LogP contribution < -0.4 is 0 Å². The molecule has 0 spiro atoms. The maximum Gasteiger partial charge on any atom is 0.168 e. The van der Waals surface area contributed by atoms with Crippen LogP contribution in [0, 0.1) is 20.8 Å².